The molecule has 0 unspecified atom stereocenters. The van der Waals surface area contributed by atoms with E-state index in [1.165, 1.54) is 29.8 Å². The molecule has 1 aliphatic carbocycles. The zero-order valence-electron chi connectivity index (χ0n) is 25.2. The van der Waals surface area contributed by atoms with E-state index >= 15 is 0 Å². The summed E-state index contributed by atoms with van der Waals surface area (Å²) in [6.45, 7) is 3.37. The monoisotopic (exact) mass is 637 g/mol. The molecule has 1 saturated carbocycles. The van der Waals surface area contributed by atoms with Crippen molar-refractivity contribution in [1.29, 1.82) is 0 Å². The van der Waals surface area contributed by atoms with Gasteiger partial charge >= 0.3 is 6.18 Å². The topological polar surface area (TPSA) is 102 Å². The molecular weight excluding hydrogens is 603 g/mol. The summed E-state index contributed by atoms with van der Waals surface area (Å²) in [6, 6.07) is 9.37. The van der Waals surface area contributed by atoms with Gasteiger partial charge in [0.15, 0.2) is 0 Å². The SMILES string of the molecule is Cc1ccc(NC(=O)c2ccc(CN3CC[C@H](N(C)C)C3)c(C(F)(F)F)c2)cc1NC(=O)c1csc2c(NC3CC3)ncnc12. The average Bonchev–Trinajstić information content (AvgIpc) is 3.49. The fourth-order valence-corrected chi connectivity index (χ4v) is 6.45. The molecule has 3 N–H and O–H groups in total. The molecule has 2 aromatic heterocycles. The van der Waals surface area contributed by atoms with E-state index < -0.39 is 17.6 Å². The van der Waals surface area contributed by atoms with Crippen molar-refractivity contribution in [1.82, 2.24) is 19.8 Å². The van der Waals surface area contributed by atoms with Gasteiger partial charge in [0.25, 0.3) is 11.8 Å². The van der Waals surface area contributed by atoms with E-state index in [1.54, 1.807) is 23.6 Å². The molecule has 1 atom stereocenters. The number of halogens is 3. The van der Waals surface area contributed by atoms with Gasteiger partial charge in [0.1, 0.15) is 12.1 Å². The number of thiophene rings is 1. The summed E-state index contributed by atoms with van der Waals surface area (Å²) >= 11 is 1.39. The molecule has 6 rings (SSSR count). The number of aromatic nitrogens is 2. The highest BCUT2D eigenvalue weighted by Crippen LogP contribution is 2.35. The van der Waals surface area contributed by atoms with Gasteiger partial charge in [0.2, 0.25) is 0 Å². The number of benzene rings is 2. The maximum Gasteiger partial charge on any atom is 0.416 e. The third kappa shape index (κ3) is 6.95. The molecule has 45 heavy (non-hydrogen) atoms. The number of carbonyl (C=O) groups excluding carboxylic acids is 2. The molecule has 2 aromatic carbocycles. The van der Waals surface area contributed by atoms with Gasteiger partial charge in [-0.2, -0.15) is 13.2 Å². The number of nitrogens with zero attached hydrogens (tertiary/aromatic N) is 4. The second kappa shape index (κ2) is 12.4. The quantitative estimate of drug-likeness (QED) is 0.200. The lowest BCUT2D eigenvalue weighted by Crippen LogP contribution is -2.31. The van der Waals surface area contributed by atoms with E-state index in [4.69, 9.17) is 0 Å². The predicted octanol–water partition coefficient (Wildman–Crippen LogP) is 6.23. The number of nitrogens with one attached hydrogen (secondary N) is 3. The minimum atomic E-state index is -4.61. The number of hydrogen-bond acceptors (Lipinski definition) is 8. The Hall–Kier alpha value is -4.07. The number of rotatable bonds is 9. The highest BCUT2D eigenvalue weighted by molar-refractivity contribution is 7.18. The molecule has 3 heterocycles. The maximum atomic E-state index is 14.1. The average molecular weight is 638 g/mol. The Balaban J connectivity index is 1.17. The van der Waals surface area contributed by atoms with Crippen LogP contribution in [0.3, 0.4) is 0 Å². The standard InChI is InChI=1S/C32H34F3N7O2S/c1-18-4-7-22(13-26(18)40-31(44)24-16-45-28-27(24)36-17-37-29(28)38-21-8-9-21)39-30(43)19-5-6-20(25(12-19)32(33,34)35)14-42-11-10-23(15-42)41(2)3/h4-7,12-13,16-17,21,23H,8-11,14-15H2,1-3H3,(H,39,43)(H,40,44)(H,36,37,38)/t23-/m0/s1. The number of fused-ring (bicyclic) bond motifs is 1. The smallest absolute Gasteiger partial charge is 0.366 e. The Morgan fingerprint density at radius 3 is 2.56 bits per heavy atom. The Morgan fingerprint density at radius 2 is 1.84 bits per heavy atom. The summed E-state index contributed by atoms with van der Waals surface area (Å²) < 4.78 is 43.1. The lowest BCUT2D eigenvalue weighted by atomic mass is 10.0. The van der Waals surface area contributed by atoms with Crippen molar-refractivity contribution < 1.29 is 22.8 Å². The van der Waals surface area contributed by atoms with Crippen molar-refractivity contribution in [2.24, 2.45) is 0 Å². The number of carbonyl (C=O) groups is 2. The second-order valence-electron chi connectivity index (χ2n) is 11.9. The van der Waals surface area contributed by atoms with E-state index in [2.05, 4.69) is 30.8 Å². The number of likely N-dealkylation sites (tertiary alicyclic amines) is 1. The molecule has 1 aliphatic heterocycles. The third-order valence-corrected chi connectivity index (χ3v) is 9.29. The van der Waals surface area contributed by atoms with Crippen LogP contribution in [0, 0.1) is 6.92 Å². The molecule has 0 bridgehead atoms. The van der Waals surface area contributed by atoms with Gasteiger partial charge in [0.05, 0.1) is 21.3 Å². The van der Waals surface area contributed by atoms with Crippen LogP contribution in [-0.4, -0.2) is 70.9 Å². The van der Waals surface area contributed by atoms with Crippen molar-refractivity contribution in [2.75, 3.05) is 43.1 Å². The number of anilines is 3. The number of likely N-dealkylation sites (N-methyl/N-ethyl adjacent to an activating group) is 1. The van der Waals surface area contributed by atoms with Gasteiger partial charge in [-0.3, -0.25) is 14.5 Å². The van der Waals surface area contributed by atoms with E-state index in [0.29, 0.717) is 53.4 Å². The van der Waals surface area contributed by atoms with Crippen molar-refractivity contribution in [3.05, 3.63) is 75.9 Å². The first-order valence-corrected chi connectivity index (χ1v) is 15.6. The summed E-state index contributed by atoms with van der Waals surface area (Å²) in [7, 11) is 3.94. The van der Waals surface area contributed by atoms with E-state index in [9.17, 15) is 22.8 Å². The predicted molar refractivity (Wildman–Crippen MR) is 170 cm³/mol. The van der Waals surface area contributed by atoms with Crippen molar-refractivity contribution in [3.8, 4) is 0 Å². The van der Waals surface area contributed by atoms with Crippen LogP contribution in [-0.2, 0) is 12.7 Å². The highest BCUT2D eigenvalue weighted by Gasteiger charge is 2.35. The summed E-state index contributed by atoms with van der Waals surface area (Å²) in [5.41, 5.74) is 1.69. The maximum absolute atomic E-state index is 14.1. The normalized spacial score (nSPS) is 17.2. The van der Waals surface area contributed by atoms with E-state index in [0.717, 1.165) is 35.6 Å². The van der Waals surface area contributed by atoms with Crippen molar-refractivity contribution >= 4 is 50.6 Å². The minimum Gasteiger partial charge on any atom is -0.366 e. The van der Waals surface area contributed by atoms with Gasteiger partial charge < -0.3 is 20.9 Å². The van der Waals surface area contributed by atoms with Crippen LogP contribution in [0.25, 0.3) is 10.2 Å². The molecular formula is C32H34F3N7O2S. The van der Waals surface area contributed by atoms with E-state index in [1.807, 2.05) is 25.9 Å². The van der Waals surface area contributed by atoms with Crippen molar-refractivity contribution in [2.45, 2.75) is 51.0 Å². The number of aryl methyl sites for hydroxylation is 1. The molecule has 4 aromatic rings. The van der Waals surface area contributed by atoms with Crippen LogP contribution < -0.4 is 16.0 Å². The molecule has 1 saturated heterocycles. The molecule has 9 nitrogen and oxygen atoms in total. The summed E-state index contributed by atoms with van der Waals surface area (Å²) in [5, 5.41) is 10.7. The summed E-state index contributed by atoms with van der Waals surface area (Å²) in [5.74, 6) is -0.342. The molecule has 13 heteroatoms. The molecule has 236 valence electrons. The van der Waals surface area contributed by atoms with Crippen molar-refractivity contribution in [3.63, 3.8) is 0 Å². The van der Waals surface area contributed by atoms with Crippen LogP contribution in [0.1, 0.15) is 56.7 Å². The van der Waals surface area contributed by atoms with Gasteiger partial charge in [-0.1, -0.05) is 12.1 Å². The molecule has 0 radical (unpaired) electrons. The van der Waals surface area contributed by atoms with Gasteiger partial charge in [-0.25, -0.2) is 9.97 Å². The Labute approximate surface area is 262 Å². The first-order chi connectivity index (χ1) is 21.5. The fraction of sp³-hybridized carbons (Fsp3) is 0.375. The largest absolute Gasteiger partial charge is 0.416 e. The number of amides is 2. The van der Waals surface area contributed by atoms with Crippen LogP contribution in [0.5, 0.6) is 0 Å². The minimum absolute atomic E-state index is 0.107. The number of hydrogen-bond donors (Lipinski definition) is 3. The Morgan fingerprint density at radius 1 is 1.04 bits per heavy atom. The second-order valence-corrected chi connectivity index (χ2v) is 12.8. The molecule has 0 spiro atoms. The molecule has 2 amide bonds. The summed E-state index contributed by atoms with van der Waals surface area (Å²) in [6.07, 6.45) is -0.116. The zero-order chi connectivity index (χ0) is 31.9. The number of alkyl halides is 3. The first kappa shape index (κ1) is 30.9. The van der Waals surface area contributed by atoms with Crippen LogP contribution in [0.2, 0.25) is 0 Å². The summed E-state index contributed by atoms with van der Waals surface area (Å²) in [4.78, 5) is 39.2. The third-order valence-electron chi connectivity index (χ3n) is 8.31. The highest BCUT2D eigenvalue weighted by atomic mass is 32.1. The van der Waals surface area contributed by atoms with Crippen LogP contribution in [0.4, 0.5) is 30.4 Å². The van der Waals surface area contributed by atoms with Gasteiger partial charge in [-0.15, -0.1) is 11.3 Å². The van der Waals surface area contributed by atoms with Crippen LogP contribution in [0.15, 0.2) is 48.1 Å². The lowest BCUT2D eigenvalue weighted by molar-refractivity contribution is -0.138. The van der Waals surface area contributed by atoms with Crippen LogP contribution >= 0.6 is 11.3 Å². The zero-order valence-corrected chi connectivity index (χ0v) is 26.0. The first-order valence-electron chi connectivity index (χ1n) is 14.8. The van der Waals surface area contributed by atoms with Gasteiger partial charge in [0, 0.05) is 54.0 Å². The fourth-order valence-electron chi connectivity index (χ4n) is 5.50. The van der Waals surface area contributed by atoms with Gasteiger partial charge in [-0.05, 0) is 75.7 Å². The Kier molecular flexibility index (Phi) is 8.51. The molecule has 2 aliphatic rings. The Bertz CT molecular complexity index is 1750. The van der Waals surface area contributed by atoms with E-state index in [-0.39, 0.29) is 23.6 Å². The lowest BCUT2D eigenvalue weighted by Gasteiger charge is -2.22. The molecule has 2 fully saturated rings.